The number of hydrazine groups is 1. The number of aliphatic hydroxyl groups is 1. The molecule has 0 radical (unpaired) electrons. The largest absolute Gasteiger partial charge is 0.511 e. The van der Waals surface area contributed by atoms with Crippen molar-refractivity contribution in [2.45, 2.75) is 25.5 Å². The van der Waals surface area contributed by atoms with Crippen LogP contribution in [0.4, 0.5) is 4.79 Å². The molecular weight excluding hydrogens is 288 g/mol. The third-order valence-electron chi connectivity index (χ3n) is 2.99. The fraction of sp³-hybridized carbons (Fsp3) is 0.333. The van der Waals surface area contributed by atoms with Crippen LogP contribution in [0.25, 0.3) is 0 Å². The number of amides is 1. The first kappa shape index (κ1) is 17.5. The minimum Gasteiger partial charge on any atom is -0.511 e. The van der Waals surface area contributed by atoms with Crippen LogP contribution < -0.4 is 5.84 Å². The van der Waals surface area contributed by atoms with Crippen LogP contribution in [0.3, 0.4) is 0 Å². The molecule has 0 aliphatic carbocycles. The van der Waals surface area contributed by atoms with Crippen LogP contribution in [0.1, 0.15) is 18.4 Å². The number of carbonyl (C=O) groups excluding carboxylic acids is 2. The summed E-state index contributed by atoms with van der Waals surface area (Å²) < 4.78 is 9.55. The van der Waals surface area contributed by atoms with Gasteiger partial charge in [-0.25, -0.2) is 15.6 Å². The summed E-state index contributed by atoms with van der Waals surface area (Å²) in [5, 5.41) is 10.2. The van der Waals surface area contributed by atoms with Crippen molar-refractivity contribution in [2.24, 2.45) is 5.84 Å². The number of benzene rings is 1. The maximum atomic E-state index is 11.9. The molecule has 0 saturated carbocycles. The van der Waals surface area contributed by atoms with Crippen LogP contribution in [-0.4, -0.2) is 35.3 Å². The predicted molar refractivity (Wildman–Crippen MR) is 79.5 cm³/mol. The molecule has 120 valence electrons. The maximum absolute atomic E-state index is 11.9. The second-order valence-corrected chi connectivity index (χ2v) is 4.57. The van der Waals surface area contributed by atoms with E-state index in [2.05, 4.69) is 11.3 Å². The Morgan fingerprint density at radius 2 is 2.00 bits per heavy atom. The lowest BCUT2D eigenvalue weighted by molar-refractivity contribution is -0.141. The van der Waals surface area contributed by atoms with E-state index >= 15 is 0 Å². The Morgan fingerprint density at radius 1 is 1.36 bits per heavy atom. The minimum absolute atomic E-state index is 0.0135. The van der Waals surface area contributed by atoms with E-state index in [1.54, 1.807) is 12.1 Å². The highest BCUT2D eigenvalue weighted by Gasteiger charge is 2.25. The molecule has 0 spiro atoms. The summed E-state index contributed by atoms with van der Waals surface area (Å²) in [4.78, 5) is 23.0. The summed E-state index contributed by atoms with van der Waals surface area (Å²) >= 11 is 0. The maximum Gasteiger partial charge on any atom is 0.425 e. The molecular formula is C15H20N2O5. The Labute approximate surface area is 128 Å². The normalized spacial score (nSPS) is 11.4. The minimum atomic E-state index is -0.928. The van der Waals surface area contributed by atoms with E-state index in [0.29, 0.717) is 5.01 Å². The standard InChI is InChI=1S/C15H20N2O5/c1-11(18)13(8-9-14(19)21-2)17(16)15(20)22-10-12-6-4-3-5-7-12/h3-7,13,18H,1,8-10,16H2,2H3. The number of nitrogens with two attached hydrogens (primary N) is 1. The third kappa shape index (κ3) is 5.45. The molecule has 0 aliphatic heterocycles. The van der Waals surface area contributed by atoms with Gasteiger partial charge in [-0.05, 0) is 12.0 Å². The highest BCUT2D eigenvalue weighted by Crippen LogP contribution is 2.13. The number of aliphatic hydroxyl groups excluding tert-OH is 1. The van der Waals surface area contributed by atoms with Gasteiger partial charge in [0.25, 0.3) is 0 Å². The van der Waals surface area contributed by atoms with Crippen molar-refractivity contribution in [3.8, 4) is 0 Å². The molecule has 0 heterocycles. The molecule has 22 heavy (non-hydrogen) atoms. The Kier molecular flexibility index (Phi) is 6.91. The van der Waals surface area contributed by atoms with Crippen molar-refractivity contribution in [1.29, 1.82) is 0 Å². The van der Waals surface area contributed by atoms with Crippen LogP contribution >= 0.6 is 0 Å². The number of methoxy groups -OCH3 is 1. The van der Waals surface area contributed by atoms with Gasteiger partial charge < -0.3 is 14.6 Å². The highest BCUT2D eigenvalue weighted by atomic mass is 16.6. The summed E-state index contributed by atoms with van der Waals surface area (Å²) in [6.07, 6.45) is -0.756. The molecule has 1 amide bonds. The highest BCUT2D eigenvalue weighted by molar-refractivity contribution is 5.70. The first-order chi connectivity index (χ1) is 10.5. The van der Waals surface area contributed by atoms with Crippen LogP contribution in [0.2, 0.25) is 0 Å². The number of ether oxygens (including phenoxy) is 2. The fourth-order valence-corrected chi connectivity index (χ4v) is 1.74. The van der Waals surface area contributed by atoms with Gasteiger partial charge in [-0.2, -0.15) is 0 Å². The predicted octanol–water partition coefficient (Wildman–Crippen LogP) is 1.89. The average Bonchev–Trinajstić information content (AvgIpc) is 2.52. The molecule has 0 fully saturated rings. The molecule has 1 aromatic rings. The van der Waals surface area contributed by atoms with E-state index in [1.807, 2.05) is 18.2 Å². The summed E-state index contributed by atoms with van der Waals surface area (Å²) in [5.74, 6) is 4.83. The van der Waals surface area contributed by atoms with E-state index in [4.69, 9.17) is 10.6 Å². The lowest BCUT2D eigenvalue weighted by atomic mass is 10.1. The summed E-state index contributed by atoms with van der Waals surface area (Å²) in [6.45, 7) is 3.41. The molecule has 7 heteroatoms. The second-order valence-electron chi connectivity index (χ2n) is 4.57. The lowest BCUT2D eigenvalue weighted by Crippen LogP contribution is -2.47. The Bertz CT molecular complexity index is 518. The topological polar surface area (TPSA) is 102 Å². The summed E-state index contributed by atoms with van der Waals surface area (Å²) in [5.41, 5.74) is 0.804. The van der Waals surface area contributed by atoms with Crippen molar-refractivity contribution < 1.29 is 24.2 Å². The number of esters is 1. The molecule has 3 N–H and O–H groups in total. The first-order valence-corrected chi connectivity index (χ1v) is 6.65. The number of rotatable bonds is 7. The molecule has 0 aliphatic rings. The molecule has 1 atom stereocenters. The molecule has 1 aromatic carbocycles. The summed E-state index contributed by atoms with van der Waals surface area (Å²) in [6, 6.07) is 8.15. The lowest BCUT2D eigenvalue weighted by Gasteiger charge is -2.25. The second kappa shape index (κ2) is 8.68. The van der Waals surface area contributed by atoms with Gasteiger partial charge in [-0.15, -0.1) is 0 Å². The van der Waals surface area contributed by atoms with Crippen molar-refractivity contribution in [2.75, 3.05) is 7.11 Å². The van der Waals surface area contributed by atoms with Crippen molar-refractivity contribution >= 4 is 12.1 Å². The van der Waals surface area contributed by atoms with Gasteiger partial charge in [0.05, 0.1) is 7.11 Å². The van der Waals surface area contributed by atoms with Crippen LogP contribution in [-0.2, 0) is 20.9 Å². The number of hydrogen-bond acceptors (Lipinski definition) is 6. The SMILES string of the molecule is C=C(O)C(CCC(=O)OC)N(N)C(=O)OCc1ccccc1. The van der Waals surface area contributed by atoms with Gasteiger partial charge >= 0.3 is 12.1 Å². The third-order valence-corrected chi connectivity index (χ3v) is 2.99. The van der Waals surface area contributed by atoms with Crippen LogP contribution in [0.5, 0.6) is 0 Å². The van der Waals surface area contributed by atoms with Crippen LogP contribution in [0.15, 0.2) is 42.7 Å². The quantitative estimate of drug-likeness (QED) is 0.262. The van der Waals surface area contributed by atoms with E-state index in [1.165, 1.54) is 7.11 Å². The van der Waals surface area contributed by atoms with Crippen molar-refractivity contribution in [3.05, 3.63) is 48.2 Å². The fourth-order valence-electron chi connectivity index (χ4n) is 1.74. The van der Waals surface area contributed by atoms with Gasteiger partial charge in [-0.1, -0.05) is 36.9 Å². The van der Waals surface area contributed by atoms with E-state index in [0.717, 1.165) is 5.56 Å². The van der Waals surface area contributed by atoms with Gasteiger partial charge in [0.2, 0.25) is 0 Å². The zero-order chi connectivity index (χ0) is 16.5. The van der Waals surface area contributed by atoms with Gasteiger partial charge in [0.15, 0.2) is 0 Å². The molecule has 0 aromatic heterocycles. The van der Waals surface area contributed by atoms with E-state index in [-0.39, 0.29) is 25.2 Å². The van der Waals surface area contributed by atoms with E-state index < -0.39 is 18.1 Å². The summed E-state index contributed by atoms with van der Waals surface area (Å²) in [7, 11) is 1.25. The Morgan fingerprint density at radius 3 is 2.55 bits per heavy atom. The number of carbonyl (C=O) groups is 2. The van der Waals surface area contributed by atoms with Gasteiger partial charge in [0.1, 0.15) is 18.4 Å². The van der Waals surface area contributed by atoms with Crippen molar-refractivity contribution in [1.82, 2.24) is 5.01 Å². The average molecular weight is 308 g/mol. The number of hydrogen-bond donors (Lipinski definition) is 2. The number of nitrogens with zero attached hydrogens (tertiary/aromatic N) is 1. The smallest absolute Gasteiger partial charge is 0.425 e. The molecule has 1 rings (SSSR count). The zero-order valence-electron chi connectivity index (χ0n) is 12.4. The van der Waals surface area contributed by atoms with Crippen LogP contribution in [0, 0.1) is 0 Å². The monoisotopic (exact) mass is 308 g/mol. The van der Waals surface area contributed by atoms with Crippen molar-refractivity contribution in [3.63, 3.8) is 0 Å². The van der Waals surface area contributed by atoms with E-state index in [9.17, 15) is 14.7 Å². The molecule has 0 saturated heterocycles. The molecule has 7 nitrogen and oxygen atoms in total. The Balaban J connectivity index is 2.56. The molecule has 1 unspecified atom stereocenters. The van der Waals surface area contributed by atoms with Gasteiger partial charge in [0, 0.05) is 6.42 Å². The zero-order valence-corrected chi connectivity index (χ0v) is 12.4. The Hall–Kier alpha value is -2.54. The molecule has 0 bridgehead atoms. The first-order valence-electron chi connectivity index (χ1n) is 6.65. The van der Waals surface area contributed by atoms with Gasteiger partial charge in [-0.3, -0.25) is 4.79 Å².